The molecule has 0 radical (unpaired) electrons. The quantitative estimate of drug-likeness (QED) is 0.704. The van der Waals surface area contributed by atoms with Crippen LogP contribution in [0.4, 0.5) is 0 Å². The Kier molecular flexibility index (Phi) is 3.70. The predicted octanol–water partition coefficient (Wildman–Crippen LogP) is -0.406. The molecule has 0 spiro atoms. The van der Waals surface area contributed by atoms with Crippen LogP contribution in [0.2, 0.25) is 0 Å². The number of hydrogen-bond acceptors (Lipinski definition) is 4. The van der Waals surface area contributed by atoms with Gasteiger partial charge in [0, 0.05) is 32.1 Å². The van der Waals surface area contributed by atoms with Gasteiger partial charge < -0.3 is 20.1 Å². The number of rotatable bonds is 4. The molecular formula is C12H22N2O3. The number of nitrogens with one attached hydrogen (secondary N) is 1. The summed E-state index contributed by atoms with van der Waals surface area (Å²) in [5, 5.41) is 12.6. The average molecular weight is 242 g/mol. The molecule has 0 aliphatic carbocycles. The van der Waals surface area contributed by atoms with E-state index in [1.807, 2.05) is 6.92 Å². The maximum Gasteiger partial charge on any atom is 0.248 e. The lowest BCUT2D eigenvalue weighted by Crippen LogP contribution is -2.59. The largest absolute Gasteiger partial charge is 0.393 e. The van der Waals surface area contributed by atoms with Gasteiger partial charge in [-0.3, -0.25) is 4.79 Å². The van der Waals surface area contributed by atoms with Crippen LogP contribution >= 0.6 is 0 Å². The van der Waals surface area contributed by atoms with E-state index in [-0.39, 0.29) is 30.1 Å². The van der Waals surface area contributed by atoms with E-state index in [0.29, 0.717) is 6.54 Å². The van der Waals surface area contributed by atoms with Crippen LogP contribution in [-0.4, -0.2) is 60.4 Å². The Morgan fingerprint density at radius 1 is 1.65 bits per heavy atom. The summed E-state index contributed by atoms with van der Waals surface area (Å²) in [6, 6.07) is 0. The highest BCUT2D eigenvalue weighted by molar-refractivity contribution is 5.77. The van der Waals surface area contributed by atoms with E-state index in [1.165, 1.54) is 0 Å². The fourth-order valence-electron chi connectivity index (χ4n) is 2.31. The first-order valence-corrected chi connectivity index (χ1v) is 6.31. The smallest absolute Gasteiger partial charge is 0.248 e. The minimum Gasteiger partial charge on any atom is -0.393 e. The lowest BCUT2D eigenvalue weighted by atomic mass is 10.0. The number of carbonyl (C=O) groups is 1. The summed E-state index contributed by atoms with van der Waals surface area (Å²) in [6.45, 7) is 7.00. The Labute approximate surface area is 102 Å². The Balaban J connectivity index is 1.73. The monoisotopic (exact) mass is 242 g/mol. The Hall–Kier alpha value is -0.650. The van der Waals surface area contributed by atoms with Crippen LogP contribution in [-0.2, 0) is 9.53 Å². The van der Waals surface area contributed by atoms with E-state index >= 15 is 0 Å². The molecule has 5 nitrogen and oxygen atoms in total. The van der Waals surface area contributed by atoms with Crippen molar-refractivity contribution in [2.24, 2.45) is 5.92 Å². The van der Waals surface area contributed by atoms with Crippen molar-refractivity contribution in [3.8, 4) is 0 Å². The number of aliphatic hydroxyl groups excluding tert-OH is 1. The molecule has 2 atom stereocenters. The summed E-state index contributed by atoms with van der Waals surface area (Å²) < 4.78 is 5.62. The van der Waals surface area contributed by atoms with Crippen LogP contribution < -0.4 is 5.32 Å². The fourth-order valence-corrected chi connectivity index (χ4v) is 2.31. The number of nitrogens with zero attached hydrogens (tertiary/aromatic N) is 1. The molecule has 2 unspecified atom stereocenters. The molecule has 0 aromatic heterocycles. The number of aliphatic hydroxyl groups is 1. The van der Waals surface area contributed by atoms with Gasteiger partial charge in [0.15, 0.2) is 0 Å². The van der Waals surface area contributed by atoms with Crippen LogP contribution in [0.5, 0.6) is 0 Å². The summed E-state index contributed by atoms with van der Waals surface area (Å²) in [5.41, 5.74) is -0.168. The second kappa shape index (κ2) is 4.92. The zero-order chi connectivity index (χ0) is 12.5. The molecule has 2 aliphatic heterocycles. The molecule has 2 heterocycles. The van der Waals surface area contributed by atoms with Gasteiger partial charge in [0.2, 0.25) is 5.91 Å². The molecule has 0 aromatic carbocycles. The van der Waals surface area contributed by atoms with Crippen LogP contribution in [0.15, 0.2) is 0 Å². The number of amides is 1. The van der Waals surface area contributed by atoms with E-state index in [1.54, 1.807) is 11.8 Å². The summed E-state index contributed by atoms with van der Waals surface area (Å²) >= 11 is 0. The van der Waals surface area contributed by atoms with Crippen molar-refractivity contribution in [2.75, 3.05) is 32.8 Å². The van der Waals surface area contributed by atoms with Gasteiger partial charge in [-0.25, -0.2) is 0 Å². The van der Waals surface area contributed by atoms with Gasteiger partial charge in [0.05, 0.1) is 11.7 Å². The van der Waals surface area contributed by atoms with Crippen molar-refractivity contribution >= 4 is 5.91 Å². The standard InChI is InChI=1S/C12H22N2O3/c1-9(15)10-3-4-14(5-10)11(16)6-17-12(2)7-13-8-12/h9-10,13,15H,3-8H2,1-2H3. The zero-order valence-electron chi connectivity index (χ0n) is 10.6. The fraction of sp³-hybridized carbons (Fsp3) is 0.917. The van der Waals surface area contributed by atoms with E-state index in [9.17, 15) is 9.90 Å². The Morgan fingerprint density at radius 3 is 2.82 bits per heavy atom. The van der Waals surface area contributed by atoms with Crippen molar-refractivity contribution < 1.29 is 14.6 Å². The van der Waals surface area contributed by atoms with Crippen LogP contribution in [0.1, 0.15) is 20.3 Å². The van der Waals surface area contributed by atoms with Crippen LogP contribution in [0.25, 0.3) is 0 Å². The topological polar surface area (TPSA) is 61.8 Å². The highest BCUT2D eigenvalue weighted by Crippen LogP contribution is 2.20. The summed E-state index contributed by atoms with van der Waals surface area (Å²) in [6.07, 6.45) is 0.560. The summed E-state index contributed by atoms with van der Waals surface area (Å²) in [7, 11) is 0. The first-order chi connectivity index (χ1) is 8.00. The molecule has 0 bridgehead atoms. The van der Waals surface area contributed by atoms with Gasteiger partial charge >= 0.3 is 0 Å². The maximum atomic E-state index is 11.9. The number of likely N-dealkylation sites (tertiary alicyclic amines) is 1. The molecule has 98 valence electrons. The number of carbonyl (C=O) groups excluding carboxylic acids is 1. The minimum atomic E-state index is -0.331. The molecular weight excluding hydrogens is 220 g/mol. The number of ether oxygens (including phenoxy) is 1. The predicted molar refractivity (Wildman–Crippen MR) is 63.6 cm³/mol. The SMILES string of the molecule is CC(O)C1CCN(C(=O)COC2(C)CNC2)C1. The average Bonchev–Trinajstić information content (AvgIpc) is 2.72. The van der Waals surface area contributed by atoms with Crippen molar-refractivity contribution in [3.05, 3.63) is 0 Å². The van der Waals surface area contributed by atoms with Gasteiger partial charge in [-0.15, -0.1) is 0 Å². The molecule has 2 fully saturated rings. The van der Waals surface area contributed by atoms with Crippen molar-refractivity contribution in [1.29, 1.82) is 0 Å². The lowest BCUT2D eigenvalue weighted by molar-refractivity contribution is -0.145. The second-order valence-electron chi connectivity index (χ2n) is 5.47. The van der Waals surface area contributed by atoms with E-state index in [4.69, 9.17) is 4.74 Å². The molecule has 1 amide bonds. The summed E-state index contributed by atoms with van der Waals surface area (Å²) in [5.74, 6) is 0.265. The first-order valence-electron chi connectivity index (χ1n) is 6.31. The third-order valence-electron chi connectivity index (χ3n) is 3.80. The third kappa shape index (κ3) is 2.97. The molecule has 0 aromatic rings. The molecule has 2 saturated heterocycles. The van der Waals surface area contributed by atoms with Gasteiger partial charge in [0.25, 0.3) is 0 Å². The molecule has 0 saturated carbocycles. The zero-order valence-corrected chi connectivity index (χ0v) is 10.6. The minimum absolute atomic E-state index is 0.0428. The van der Waals surface area contributed by atoms with E-state index in [2.05, 4.69) is 5.32 Å². The lowest BCUT2D eigenvalue weighted by Gasteiger charge is -2.39. The first kappa shape index (κ1) is 12.8. The Morgan fingerprint density at radius 2 is 2.35 bits per heavy atom. The number of hydrogen-bond donors (Lipinski definition) is 2. The summed E-state index contributed by atoms with van der Waals surface area (Å²) in [4.78, 5) is 13.7. The molecule has 2 rings (SSSR count). The molecule has 2 N–H and O–H groups in total. The van der Waals surface area contributed by atoms with E-state index in [0.717, 1.165) is 26.1 Å². The van der Waals surface area contributed by atoms with Crippen LogP contribution in [0.3, 0.4) is 0 Å². The second-order valence-corrected chi connectivity index (χ2v) is 5.47. The Bertz CT molecular complexity index is 289. The molecule has 2 aliphatic rings. The van der Waals surface area contributed by atoms with Crippen molar-refractivity contribution in [3.63, 3.8) is 0 Å². The van der Waals surface area contributed by atoms with Gasteiger partial charge in [-0.05, 0) is 20.3 Å². The van der Waals surface area contributed by atoms with Crippen LogP contribution in [0, 0.1) is 5.92 Å². The van der Waals surface area contributed by atoms with Gasteiger partial charge in [-0.2, -0.15) is 0 Å². The van der Waals surface area contributed by atoms with Crippen molar-refractivity contribution in [1.82, 2.24) is 10.2 Å². The highest BCUT2D eigenvalue weighted by Gasteiger charge is 2.35. The molecule has 5 heteroatoms. The third-order valence-corrected chi connectivity index (χ3v) is 3.80. The van der Waals surface area contributed by atoms with Gasteiger partial charge in [0.1, 0.15) is 6.61 Å². The van der Waals surface area contributed by atoms with E-state index < -0.39 is 0 Å². The van der Waals surface area contributed by atoms with Gasteiger partial charge in [-0.1, -0.05) is 0 Å². The normalized spacial score (nSPS) is 28.9. The van der Waals surface area contributed by atoms with Crippen molar-refractivity contribution in [2.45, 2.75) is 32.0 Å². The maximum absolute atomic E-state index is 11.9. The highest BCUT2D eigenvalue weighted by atomic mass is 16.5. The molecule has 17 heavy (non-hydrogen) atoms.